The first kappa shape index (κ1) is 15.3. The van der Waals surface area contributed by atoms with Gasteiger partial charge in [-0.1, -0.05) is 41.4 Å². The largest absolute Gasteiger partial charge is 0.350 e. The maximum absolute atomic E-state index is 12.4. The molecular weight excluding hydrogens is 312 g/mol. The van der Waals surface area contributed by atoms with Crippen molar-refractivity contribution in [1.29, 1.82) is 0 Å². The standard InChI is InChI=1S/C18H15ClN2O2/c1-11-3-9-14(10-4-11)20-16-15(17(22)21(2)18(16)23)12-5-7-13(19)8-6-12/h3-10,20H,1-2H3. The summed E-state index contributed by atoms with van der Waals surface area (Å²) < 4.78 is 0. The molecule has 2 aromatic rings. The highest BCUT2D eigenvalue weighted by molar-refractivity contribution is 6.36. The minimum Gasteiger partial charge on any atom is -0.350 e. The van der Waals surface area contributed by atoms with Gasteiger partial charge in [-0.15, -0.1) is 0 Å². The van der Waals surface area contributed by atoms with Crippen molar-refractivity contribution in [1.82, 2.24) is 4.90 Å². The Morgan fingerprint density at radius 2 is 1.52 bits per heavy atom. The number of hydrogen-bond acceptors (Lipinski definition) is 3. The number of likely N-dealkylation sites (N-methyl/N-ethyl adjacent to an activating group) is 1. The summed E-state index contributed by atoms with van der Waals surface area (Å²) in [5, 5.41) is 3.65. The second-order valence-electron chi connectivity index (χ2n) is 5.42. The van der Waals surface area contributed by atoms with Crippen molar-refractivity contribution in [3.63, 3.8) is 0 Å². The third-order valence-electron chi connectivity index (χ3n) is 3.74. The molecule has 0 spiro atoms. The lowest BCUT2D eigenvalue weighted by molar-refractivity contribution is -0.135. The van der Waals surface area contributed by atoms with Crippen molar-refractivity contribution in [2.75, 3.05) is 12.4 Å². The Kier molecular flexibility index (Phi) is 3.92. The predicted molar refractivity (Wildman–Crippen MR) is 91.0 cm³/mol. The Labute approximate surface area is 139 Å². The molecule has 2 aromatic carbocycles. The highest BCUT2D eigenvalue weighted by Crippen LogP contribution is 2.30. The number of nitrogens with one attached hydrogen (secondary N) is 1. The maximum atomic E-state index is 12.4. The third kappa shape index (κ3) is 2.85. The molecular formula is C18H15ClN2O2. The lowest BCUT2D eigenvalue weighted by Gasteiger charge is -2.09. The first-order valence-electron chi connectivity index (χ1n) is 7.13. The number of nitrogens with zero attached hydrogens (tertiary/aromatic N) is 1. The molecule has 0 aliphatic carbocycles. The number of anilines is 1. The Morgan fingerprint density at radius 3 is 2.13 bits per heavy atom. The van der Waals surface area contributed by atoms with E-state index < -0.39 is 0 Å². The van der Waals surface area contributed by atoms with Gasteiger partial charge in [0.2, 0.25) is 0 Å². The minimum atomic E-state index is -0.347. The zero-order valence-electron chi connectivity index (χ0n) is 12.8. The SMILES string of the molecule is Cc1ccc(NC2=C(c3ccc(Cl)cc3)C(=O)N(C)C2=O)cc1. The normalized spacial score (nSPS) is 14.7. The molecule has 0 aromatic heterocycles. The van der Waals surface area contributed by atoms with Gasteiger partial charge in [-0.2, -0.15) is 0 Å². The first-order valence-corrected chi connectivity index (χ1v) is 7.51. The van der Waals surface area contributed by atoms with E-state index in [9.17, 15) is 9.59 Å². The van der Waals surface area contributed by atoms with Gasteiger partial charge >= 0.3 is 0 Å². The molecule has 0 atom stereocenters. The number of aryl methyl sites for hydroxylation is 1. The summed E-state index contributed by atoms with van der Waals surface area (Å²) in [5.74, 6) is -0.674. The molecule has 5 heteroatoms. The molecule has 23 heavy (non-hydrogen) atoms. The predicted octanol–water partition coefficient (Wildman–Crippen LogP) is 3.47. The number of benzene rings is 2. The lowest BCUT2D eigenvalue weighted by atomic mass is 10.0. The van der Waals surface area contributed by atoms with Crippen LogP contribution >= 0.6 is 11.6 Å². The molecule has 1 heterocycles. The van der Waals surface area contributed by atoms with E-state index in [1.165, 1.54) is 7.05 Å². The van der Waals surface area contributed by atoms with Crippen molar-refractivity contribution in [2.45, 2.75) is 6.92 Å². The molecule has 0 radical (unpaired) electrons. The molecule has 3 rings (SSSR count). The maximum Gasteiger partial charge on any atom is 0.277 e. The quantitative estimate of drug-likeness (QED) is 0.879. The van der Waals surface area contributed by atoms with Crippen LogP contribution in [-0.2, 0) is 9.59 Å². The van der Waals surface area contributed by atoms with Crippen molar-refractivity contribution < 1.29 is 9.59 Å². The number of carbonyl (C=O) groups is 2. The molecule has 1 aliphatic rings. The van der Waals surface area contributed by atoms with Gasteiger partial charge in [0.15, 0.2) is 0 Å². The first-order chi connectivity index (χ1) is 11.0. The van der Waals surface area contributed by atoms with Crippen LogP contribution in [0.3, 0.4) is 0 Å². The highest BCUT2D eigenvalue weighted by Gasteiger charge is 2.36. The molecule has 0 bridgehead atoms. The number of imide groups is 1. The zero-order valence-corrected chi connectivity index (χ0v) is 13.5. The van der Waals surface area contributed by atoms with E-state index in [1.54, 1.807) is 24.3 Å². The Bertz CT molecular complexity index is 808. The van der Waals surface area contributed by atoms with Crippen LogP contribution in [0.5, 0.6) is 0 Å². The molecule has 0 fully saturated rings. The topological polar surface area (TPSA) is 49.4 Å². The fraction of sp³-hybridized carbons (Fsp3) is 0.111. The van der Waals surface area contributed by atoms with E-state index in [-0.39, 0.29) is 17.5 Å². The third-order valence-corrected chi connectivity index (χ3v) is 3.99. The van der Waals surface area contributed by atoms with Gasteiger partial charge in [-0.3, -0.25) is 14.5 Å². The van der Waals surface area contributed by atoms with Gasteiger partial charge in [0.1, 0.15) is 5.70 Å². The van der Waals surface area contributed by atoms with Crippen molar-refractivity contribution in [3.05, 3.63) is 70.4 Å². The molecule has 2 amide bonds. The van der Waals surface area contributed by atoms with Gasteiger partial charge < -0.3 is 5.32 Å². The van der Waals surface area contributed by atoms with E-state index in [0.717, 1.165) is 16.2 Å². The Balaban J connectivity index is 2.06. The van der Waals surface area contributed by atoms with Crippen LogP contribution in [0.1, 0.15) is 11.1 Å². The van der Waals surface area contributed by atoms with Gasteiger partial charge in [0.05, 0.1) is 5.57 Å². The van der Waals surface area contributed by atoms with Crippen LogP contribution in [-0.4, -0.2) is 23.8 Å². The number of halogens is 1. The highest BCUT2D eigenvalue weighted by atomic mass is 35.5. The number of carbonyl (C=O) groups excluding carboxylic acids is 2. The molecule has 0 saturated heterocycles. The average Bonchev–Trinajstić information content (AvgIpc) is 2.75. The van der Waals surface area contributed by atoms with Crippen LogP contribution < -0.4 is 5.32 Å². The molecule has 0 saturated carbocycles. The minimum absolute atomic E-state index is 0.281. The summed E-state index contributed by atoms with van der Waals surface area (Å²) in [7, 11) is 1.48. The molecule has 1 N–H and O–H groups in total. The zero-order chi connectivity index (χ0) is 16.6. The average molecular weight is 327 g/mol. The molecule has 1 aliphatic heterocycles. The fourth-order valence-electron chi connectivity index (χ4n) is 2.42. The number of amides is 2. The van der Waals surface area contributed by atoms with E-state index in [0.29, 0.717) is 16.2 Å². The molecule has 4 nitrogen and oxygen atoms in total. The number of rotatable bonds is 3. The van der Waals surface area contributed by atoms with E-state index in [1.807, 2.05) is 31.2 Å². The molecule has 116 valence electrons. The van der Waals surface area contributed by atoms with Gasteiger partial charge in [0, 0.05) is 17.8 Å². The van der Waals surface area contributed by atoms with E-state index in [2.05, 4.69) is 5.32 Å². The van der Waals surface area contributed by atoms with Crippen molar-refractivity contribution in [2.24, 2.45) is 0 Å². The van der Waals surface area contributed by atoms with Crippen LogP contribution in [0.2, 0.25) is 5.02 Å². The Hall–Kier alpha value is -2.59. The summed E-state index contributed by atoms with van der Waals surface area (Å²) in [5.41, 5.74) is 3.17. The Morgan fingerprint density at radius 1 is 0.913 bits per heavy atom. The van der Waals surface area contributed by atoms with E-state index >= 15 is 0 Å². The number of hydrogen-bond donors (Lipinski definition) is 1. The molecule has 0 unspecified atom stereocenters. The van der Waals surface area contributed by atoms with Gasteiger partial charge in [0.25, 0.3) is 11.8 Å². The summed E-state index contributed by atoms with van der Waals surface area (Å²) >= 11 is 5.90. The van der Waals surface area contributed by atoms with Crippen LogP contribution in [0.4, 0.5) is 5.69 Å². The van der Waals surface area contributed by atoms with Crippen molar-refractivity contribution >= 4 is 34.7 Å². The van der Waals surface area contributed by atoms with Gasteiger partial charge in [-0.05, 0) is 36.8 Å². The summed E-state index contributed by atoms with van der Waals surface area (Å²) in [4.78, 5) is 25.9. The van der Waals surface area contributed by atoms with Crippen molar-refractivity contribution in [3.8, 4) is 0 Å². The summed E-state index contributed by atoms with van der Waals surface area (Å²) in [6.07, 6.45) is 0. The van der Waals surface area contributed by atoms with Crippen LogP contribution in [0.25, 0.3) is 5.57 Å². The van der Waals surface area contributed by atoms with Crippen LogP contribution in [0, 0.1) is 6.92 Å². The second-order valence-corrected chi connectivity index (χ2v) is 5.85. The monoisotopic (exact) mass is 326 g/mol. The summed E-state index contributed by atoms with van der Waals surface area (Å²) in [6, 6.07) is 14.5. The second kappa shape index (κ2) is 5.89. The fourth-order valence-corrected chi connectivity index (χ4v) is 2.55. The summed E-state index contributed by atoms with van der Waals surface area (Å²) in [6.45, 7) is 1.99. The lowest BCUT2D eigenvalue weighted by Crippen LogP contribution is -2.27. The van der Waals surface area contributed by atoms with Gasteiger partial charge in [-0.25, -0.2) is 0 Å². The smallest absolute Gasteiger partial charge is 0.277 e. The van der Waals surface area contributed by atoms with E-state index in [4.69, 9.17) is 11.6 Å². The van der Waals surface area contributed by atoms with Crippen LogP contribution in [0.15, 0.2) is 54.2 Å².